The largest absolute Gasteiger partial charge is 0.344 e. The van der Waals surface area contributed by atoms with E-state index in [1.807, 2.05) is 11.9 Å². The predicted molar refractivity (Wildman–Crippen MR) is 77.8 cm³/mol. The van der Waals surface area contributed by atoms with Crippen molar-refractivity contribution in [3.63, 3.8) is 0 Å². The van der Waals surface area contributed by atoms with Crippen LogP contribution in [0.3, 0.4) is 0 Å². The number of likely N-dealkylation sites (tertiary alicyclic amines) is 1. The monoisotopic (exact) mass is 267 g/mol. The average molecular weight is 267 g/mol. The van der Waals surface area contributed by atoms with Crippen molar-refractivity contribution in [1.82, 2.24) is 9.80 Å². The number of hydrogen-bond acceptors (Lipinski definition) is 3. The number of carbonyl (C=O) groups is 1. The first kappa shape index (κ1) is 14.8. The molecule has 1 aliphatic carbocycles. The number of hydrogen-bond donors (Lipinski definition) is 1. The quantitative estimate of drug-likeness (QED) is 0.835. The van der Waals surface area contributed by atoms with Gasteiger partial charge in [0.05, 0.1) is 0 Å². The van der Waals surface area contributed by atoms with Crippen molar-refractivity contribution in [2.45, 2.75) is 44.6 Å². The van der Waals surface area contributed by atoms with Gasteiger partial charge < -0.3 is 15.5 Å². The molecule has 1 aliphatic heterocycles. The van der Waals surface area contributed by atoms with Gasteiger partial charge in [-0.3, -0.25) is 4.79 Å². The molecule has 19 heavy (non-hydrogen) atoms. The molecular formula is C15H29N3O. The summed E-state index contributed by atoms with van der Waals surface area (Å²) >= 11 is 0. The summed E-state index contributed by atoms with van der Waals surface area (Å²) in [4.78, 5) is 16.9. The molecule has 0 bridgehead atoms. The maximum Gasteiger partial charge on any atom is 0.225 e. The lowest BCUT2D eigenvalue weighted by Gasteiger charge is -2.32. The summed E-state index contributed by atoms with van der Waals surface area (Å²) in [6.07, 6.45) is 6.91. The fraction of sp³-hybridized carbons (Fsp3) is 0.933. The van der Waals surface area contributed by atoms with Crippen molar-refractivity contribution in [2.75, 3.05) is 33.7 Å². The molecular weight excluding hydrogens is 238 g/mol. The molecule has 0 aromatic heterocycles. The summed E-state index contributed by atoms with van der Waals surface area (Å²) in [6.45, 7) is 2.79. The number of nitrogens with two attached hydrogens (primary N) is 1. The Hall–Kier alpha value is -0.610. The van der Waals surface area contributed by atoms with Gasteiger partial charge in [0.15, 0.2) is 0 Å². The number of nitrogens with zero attached hydrogens (tertiary/aromatic N) is 2. The highest BCUT2D eigenvalue weighted by molar-refractivity contribution is 5.78. The number of likely N-dealkylation sites (N-methyl/N-ethyl adjacent to an activating group) is 2. The van der Waals surface area contributed by atoms with Crippen LogP contribution in [0.2, 0.25) is 0 Å². The molecule has 0 aromatic carbocycles. The molecule has 1 heterocycles. The molecule has 0 spiro atoms. The zero-order valence-electron chi connectivity index (χ0n) is 12.5. The Labute approximate surface area is 117 Å². The molecule has 2 rings (SSSR count). The van der Waals surface area contributed by atoms with E-state index in [0.29, 0.717) is 17.9 Å². The van der Waals surface area contributed by atoms with Gasteiger partial charge in [-0.25, -0.2) is 0 Å². The van der Waals surface area contributed by atoms with Crippen LogP contribution in [-0.4, -0.2) is 55.5 Å². The van der Waals surface area contributed by atoms with E-state index in [4.69, 9.17) is 5.73 Å². The molecule has 2 N–H and O–H groups in total. The highest BCUT2D eigenvalue weighted by Gasteiger charge is 2.30. The number of carbonyl (C=O) groups excluding carboxylic acids is 1. The van der Waals surface area contributed by atoms with Crippen molar-refractivity contribution < 1.29 is 4.79 Å². The van der Waals surface area contributed by atoms with Crippen LogP contribution in [0.5, 0.6) is 0 Å². The van der Waals surface area contributed by atoms with Crippen LogP contribution in [0.4, 0.5) is 0 Å². The van der Waals surface area contributed by atoms with Crippen LogP contribution in [-0.2, 0) is 4.79 Å². The molecule has 0 radical (unpaired) electrons. The highest BCUT2D eigenvalue weighted by atomic mass is 16.2. The van der Waals surface area contributed by atoms with Crippen LogP contribution >= 0.6 is 0 Å². The molecule has 4 heteroatoms. The van der Waals surface area contributed by atoms with Crippen molar-refractivity contribution in [3.05, 3.63) is 0 Å². The third-order valence-electron chi connectivity index (χ3n) is 5.00. The van der Waals surface area contributed by atoms with Gasteiger partial charge in [-0.2, -0.15) is 0 Å². The second-order valence-electron chi connectivity index (χ2n) is 6.46. The zero-order chi connectivity index (χ0) is 13.8. The van der Waals surface area contributed by atoms with Gasteiger partial charge in [-0.05, 0) is 58.2 Å². The normalized spacial score (nSPS) is 32.5. The van der Waals surface area contributed by atoms with E-state index < -0.39 is 0 Å². The Bertz CT molecular complexity index is 308. The Morgan fingerprint density at radius 2 is 2.11 bits per heavy atom. The fourth-order valence-corrected chi connectivity index (χ4v) is 3.66. The highest BCUT2D eigenvalue weighted by Crippen LogP contribution is 2.29. The van der Waals surface area contributed by atoms with E-state index in [0.717, 1.165) is 32.4 Å². The Kier molecular flexibility index (Phi) is 5.22. The first-order valence-corrected chi connectivity index (χ1v) is 7.77. The molecule has 1 saturated heterocycles. The first-order valence-electron chi connectivity index (χ1n) is 7.77. The molecule has 3 atom stereocenters. The van der Waals surface area contributed by atoms with Crippen LogP contribution in [0.15, 0.2) is 0 Å². The van der Waals surface area contributed by atoms with E-state index in [1.54, 1.807) is 0 Å². The molecule has 1 saturated carbocycles. The van der Waals surface area contributed by atoms with E-state index in [1.165, 1.54) is 25.8 Å². The van der Waals surface area contributed by atoms with Crippen molar-refractivity contribution >= 4 is 5.91 Å². The molecule has 1 amide bonds. The third-order valence-corrected chi connectivity index (χ3v) is 5.00. The number of amides is 1. The van der Waals surface area contributed by atoms with E-state index in [-0.39, 0.29) is 5.92 Å². The Morgan fingerprint density at radius 1 is 1.32 bits per heavy atom. The van der Waals surface area contributed by atoms with Crippen molar-refractivity contribution in [1.29, 1.82) is 0 Å². The van der Waals surface area contributed by atoms with Crippen molar-refractivity contribution in [3.8, 4) is 0 Å². The van der Waals surface area contributed by atoms with Gasteiger partial charge in [0.1, 0.15) is 0 Å². The molecule has 2 aliphatic rings. The summed E-state index contributed by atoms with van der Waals surface area (Å²) in [5, 5.41) is 0. The Balaban J connectivity index is 1.84. The predicted octanol–water partition coefficient (Wildman–Crippen LogP) is 1.30. The lowest BCUT2D eigenvalue weighted by atomic mass is 9.81. The lowest BCUT2D eigenvalue weighted by molar-refractivity contribution is -0.136. The second kappa shape index (κ2) is 6.71. The maximum atomic E-state index is 12.5. The zero-order valence-corrected chi connectivity index (χ0v) is 12.5. The minimum absolute atomic E-state index is 0.221. The molecule has 110 valence electrons. The summed E-state index contributed by atoms with van der Waals surface area (Å²) in [6, 6.07) is 0.558. The van der Waals surface area contributed by atoms with E-state index in [9.17, 15) is 4.79 Å². The smallest absolute Gasteiger partial charge is 0.225 e. The third kappa shape index (κ3) is 3.69. The van der Waals surface area contributed by atoms with Gasteiger partial charge in [0, 0.05) is 25.6 Å². The minimum atomic E-state index is 0.221. The topological polar surface area (TPSA) is 49.6 Å². The van der Waals surface area contributed by atoms with Crippen LogP contribution in [0.25, 0.3) is 0 Å². The maximum absolute atomic E-state index is 12.5. The van der Waals surface area contributed by atoms with Gasteiger partial charge >= 0.3 is 0 Å². The SMILES string of the molecule is CN(CC1CCCN1C)C(=O)C1CCCC(CN)C1. The summed E-state index contributed by atoms with van der Waals surface area (Å²) in [5.74, 6) is 1.13. The standard InChI is InChI=1S/C15H29N3O/c1-17-8-4-7-14(17)11-18(2)15(19)13-6-3-5-12(9-13)10-16/h12-14H,3-11,16H2,1-2H3. The fourth-order valence-electron chi connectivity index (χ4n) is 3.66. The van der Waals surface area contributed by atoms with Gasteiger partial charge in [-0.15, -0.1) is 0 Å². The summed E-state index contributed by atoms with van der Waals surface area (Å²) < 4.78 is 0. The van der Waals surface area contributed by atoms with Gasteiger partial charge in [0.25, 0.3) is 0 Å². The molecule has 0 aromatic rings. The molecule has 4 nitrogen and oxygen atoms in total. The lowest BCUT2D eigenvalue weighted by Crippen LogP contribution is -2.43. The Morgan fingerprint density at radius 3 is 2.74 bits per heavy atom. The van der Waals surface area contributed by atoms with Crippen LogP contribution in [0, 0.1) is 11.8 Å². The minimum Gasteiger partial charge on any atom is -0.344 e. The first-order chi connectivity index (χ1) is 9.11. The van der Waals surface area contributed by atoms with Crippen LogP contribution < -0.4 is 5.73 Å². The van der Waals surface area contributed by atoms with Gasteiger partial charge in [-0.1, -0.05) is 6.42 Å². The number of rotatable bonds is 4. The van der Waals surface area contributed by atoms with Gasteiger partial charge in [0.2, 0.25) is 5.91 Å². The van der Waals surface area contributed by atoms with Crippen molar-refractivity contribution in [2.24, 2.45) is 17.6 Å². The second-order valence-corrected chi connectivity index (χ2v) is 6.46. The summed E-state index contributed by atoms with van der Waals surface area (Å²) in [5.41, 5.74) is 5.76. The summed E-state index contributed by atoms with van der Waals surface area (Å²) in [7, 11) is 4.14. The van der Waals surface area contributed by atoms with E-state index in [2.05, 4.69) is 11.9 Å². The van der Waals surface area contributed by atoms with E-state index >= 15 is 0 Å². The average Bonchev–Trinajstić information content (AvgIpc) is 2.83. The molecule has 3 unspecified atom stereocenters. The van der Waals surface area contributed by atoms with Crippen LogP contribution in [0.1, 0.15) is 38.5 Å². The molecule has 2 fully saturated rings.